The largest absolute Gasteiger partial charge is 0.416 e. The van der Waals surface area contributed by atoms with Gasteiger partial charge in [-0.3, -0.25) is 4.98 Å². The summed E-state index contributed by atoms with van der Waals surface area (Å²) in [6.07, 6.45) is -3.02. The molecular weight excluding hydrogens is 382 g/mol. The summed E-state index contributed by atoms with van der Waals surface area (Å²) in [6, 6.07) is 12.0. The van der Waals surface area contributed by atoms with E-state index in [9.17, 15) is 21.8 Å². The second-order valence-electron chi connectivity index (χ2n) is 5.75. The molecule has 3 nitrogen and oxygen atoms in total. The average Bonchev–Trinajstić information content (AvgIpc) is 2.62. The summed E-state index contributed by atoms with van der Waals surface area (Å²) in [7, 11) is 0. The highest BCUT2D eigenvalue weighted by Gasteiger charge is 2.30. The molecule has 0 aliphatic heterocycles. The molecule has 0 saturated carbocycles. The molecular formula is C19H13F4NO2S. The second-order valence-corrected chi connectivity index (χ2v) is 6.68. The van der Waals surface area contributed by atoms with Crippen LogP contribution in [-0.4, -0.2) is 13.7 Å². The minimum Gasteiger partial charge on any atom is -0.306 e. The number of halogens is 4. The zero-order valence-corrected chi connectivity index (χ0v) is 14.5. The van der Waals surface area contributed by atoms with Crippen LogP contribution in [0, 0.1) is 5.82 Å². The van der Waals surface area contributed by atoms with E-state index >= 15 is 0 Å². The molecule has 27 heavy (non-hydrogen) atoms. The predicted molar refractivity (Wildman–Crippen MR) is 94.5 cm³/mol. The summed E-state index contributed by atoms with van der Waals surface area (Å²) in [5, 5.41) is 0. The summed E-state index contributed by atoms with van der Waals surface area (Å²) in [5.41, 5.74) is 0.661. The summed E-state index contributed by atoms with van der Waals surface area (Å²) in [5.74, 6) is -1.04. The molecule has 3 rings (SSSR count). The minimum absolute atomic E-state index is 0.0659. The quantitative estimate of drug-likeness (QED) is 0.482. The number of aromatic nitrogens is 1. The standard InChI is InChI=1S/C19H13F4NO2S/c20-17-10-13(6-7-14(17)11-27(25)26)18-16(5-2-8-24-18)12-3-1-4-15(9-12)19(21,22)23/h1-10H,11H2,(H,25,26). The van der Waals surface area contributed by atoms with Crippen LogP contribution in [0.15, 0.2) is 60.8 Å². The van der Waals surface area contributed by atoms with Crippen molar-refractivity contribution >= 4 is 11.1 Å². The third kappa shape index (κ3) is 4.40. The van der Waals surface area contributed by atoms with Crippen LogP contribution in [-0.2, 0) is 23.0 Å². The van der Waals surface area contributed by atoms with Crippen LogP contribution in [0.3, 0.4) is 0 Å². The number of benzene rings is 2. The monoisotopic (exact) mass is 395 g/mol. The van der Waals surface area contributed by atoms with E-state index in [-0.39, 0.29) is 11.3 Å². The van der Waals surface area contributed by atoms with Gasteiger partial charge in [0.15, 0.2) is 11.1 Å². The molecule has 1 atom stereocenters. The van der Waals surface area contributed by atoms with E-state index in [1.165, 1.54) is 30.5 Å². The topological polar surface area (TPSA) is 50.2 Å². The summed E-state index contributed by atoms with van der Waals surface area (Å²) >= 11 is -2.19. The van der Waals surface area contributed by atoms with Crippen molar-refractivity contribution in [2.45, 2.75) is 11.9 Å². The van der Waals surface area contributed by atoms with Gasteiger partial charge in [0.1, 0.15) is 5.82 Å². The molecule has 1 aromatic heterocycles. The van der Waals surface area contributed by atoms with Crippen molar-refractivity contribution in [3.63, 3.8) is 0 Å². The molecule has 1 N–H and O–H groups in total. The van der Waals surface area contributed by atoms with Crippen molar-refractivity contribution in [1.29, 1.82) is 0 Å². The number of rotatable bonds is 4. The van der Waals surface area contributed by atoms with E-state index in [4.69, 9.17) is 4.55 Å². The van der Waals surface area contributed by atoms with Gasteiger partial charge in [-0.1, -0.05) is 30.3 Å². The van der Waals surface area contributed by atoms with E-state index in [2.05, 4.69) is 4.98 Å². The van der Waals surface area contributed by atoms with Crippen LogP contribution in [0.4, 0.5) is 17.6 Å². The van der Waals surface area contributed by atoms with Crippen LogP contribution in [0.5, 0.6) is 0 Å². The maximum absolute atomic E-state index is 14.2. The zero-order valence-electron chi connectivity index (χ0n) is 13.7. The van der Waals surface area contributed by atoms with Gasteiger partial charge < -0.3 is 4.55 Å². The SMILES string of the molecule is O=S(O)Cc1ccc(-c2ncccc2-c2cccc(C(F)(F)F)c2)cc1F. The molecule has 0 radical (unpaired) electrons. The van der Waals surface area contributed by atoms with E-state index in [1.807, 2.05) is 0 Å². The van der Waals surface area contributed by atoms with Crippen LogP contribution >= 0.6 is 0 Å². The zero-order chi connectivity index (χ0) is 19.6. The molecule has 0 spiro atoms. The molecule has 1 unspecified atom stereocenters. The van der Waals surface area contributed by atoms with Crippen molar-refractivity contribution < 1.29 is 26.3 Å². The Morgan fingerprint density at radius 2 is 1.78 bits per heavy atom. The van der Waals surface area contributed by atoms with Crippen molar-refractivity contribution in [2.24, 2.45) is 0 Å². The lowest BCUT2D eigenvalue weighted by atomic mass is 9.97. The molecule has 0 aliphatic rings. The Bertz CT molecular complexity index is 1000. The van der Waals surface area contributed by atoms with Crippen LogP contribution in [0.25, 0.3) is 22.4 Å². The molecule has 0 fully saturated rings. The predicted octanol–water partition coefficient (Wildman–Crippen LogP) is 5.30. The molecule has 0 saturated heterocycles. The lowest BCUT2D eigenvalue weighted by Gasteiger charge is -2.12. The van der Waals surface area contributed by atoms with Crippen molar-refractivity contribution in [2.75, 3.05) is 0 Å². The third-order valence-corrected chi connectivity index (χ3v) is 4.47. The molecule has 8 heteroatoms. The summed E-state index contributed by atoms with van der Waals surface area (Å²) in [6.45, 7) is 0. The molecule has 3 aromatic rings. The first-order valence-corrected chi connectivity index (χ1v) is 9.02. The smallest absolute Gasteiger partial charge is 0.306 e. The Labute approximate surface area is 155 Å². The van der Waals surface area contributed by atoms with Gasteiger partial charge in [0.05, 0.1) is 17.0 Å². The number of hydrogen-bond donors (Lipinski definition) is 1. The second kappa shape index (κ2) is 7.58. The first-order valence-electron chi connectivity index (χ1n) is 7.74. The van der Waals surface area contributed by atoms with Crippen molar-refractivity contribution in [3.8, 4) is 22.4 Å². The normalized spacial score (nSPS) is 12.8. The van der Waals surface area contributed by atoms with Gasteiger partial charge in [-0.2, -0.15) is 13.2 Å². The van der Waals surface area contributed by atoms with Crippen LogP contribution in [0.1, 0.15) is 11.1 Å². The lowest BCUT2D eigenvalue weighted by molar-refractivity contribution is -0.137. The highest BCUT2D eigenvalue weighted by Crippen LogP contribution is 2.35. The van der Waals surface area contributed by atoms with Crippen LogP contribution in [0.2, 0.25) is 0 Å². The fourth-order valence-corrected chi connectivity index (χ4v) is 3.18. The Hall–Kier alpha value is -2.58. The maximum atomic E-state index is 14.2. The fourth-order valence-electron chi connectivity index (χ4n) is 2.68. The number of nitrogens with zero attached hydrogens (tertiary/aromatic N) is 1. The first-order chi connectivity index (χ1) is 12.8. The van der Waals surface area contributed by atoms with Crippen molar-refractivity contribution in [1.82, 2.24) is 4.98 Å². The van der Waals surface area contributed by atoms with E-state index in [0.29, 0.717) is 22.4 Å². The summed E-state index contributed by atoms with van der Waals surface area (Å²) in [4.78, 5) is 4.19. The van der Waals surface area contributed by atoms with E-state index in [1.54, 1.807) is 12.1 Å². The molecule has 0 amide bonds. The average molecular weight is 395 g/mol. The van der Waals surface area contributed by atoms with Gasteiger partial charge in [0, 0.05) is 22.9 Å². The van der Waals surface area contributed by atoms with E-state index < -0.39 is 28.6 Å². The Morgan fingerprint density at radius 3 is 2.44 bits per heavy atom. The van der Waals surface area contributed by atoms with Gasteiger partial charge in [0.25, 0.3) is 0 Å². The van der Waals surface area contributed by atoms with Crippen LogP contribution < -0.4 is 0 Å². The summed E-state index contributed by atoms with van der Waals surface area (Å²) < 4.78 is 73.0. The molecule has 1 heterocycles. The Morgan fingerprint density at radius 1 is 1.00 bits per heavy atom. The fraction of sp³-hybridized carbons (Fsp3) is 0.105. The molecule has 0 aliphatic carbocycles. The third-order valence-electron chi connectivity index (χ3n) is 3.91. The Kier molecular flexibility index (Phi) is 5.38. The number of hydrogen-bond acceptors (Lipinski definition) is 2. The maximum Gasteiger partial charge on any atom is 0.416 e. The molecule has 2 aromatic carbocycles. The van der Waals surface area contributed by atoms with Gasteiger partial charge in [-0.05, 0) is 29.8 Å². The first kappa shape index (κ1) is 19.2. The lowest BCUT2D eigenvalue weighted by Crippen LogP contribution is -2.04. The number of pyridine rings is 1. The Balaban J connectivity index is 2.08. The van der Waals surface area contributed by atoms with E-state index in [0.717, 1.165) is 18.2 Å². The van der Waals surface area contributed by atoms with Gasteiger partial charge in [0.2, 0.25) is 0 Å². The van der Waals surface area contributed by atoms with Gasteiger partial charge in [-0.25, -0.2) is 8.60 Å². The molecule has 0 bridgehead atoms. The van der Waals surface area contributed by atoms with Gasteiger partial charge in [-0.15, -0.1) is 0 Å². The molecule has 140 valence electrons. The van der Waals surface area contributed by atoms with Crippen molar-refractivity contribution in [3.05, 3.63) is 77.7 Å². The minimum atomic E-state index is -4.48. The number of alkyl halides is 3. The highest BCUT2D eigenvalue weighted by molar-refractivity contribution is 7.78. The van der Waals surface area contributed by atoms with Gasteiger partial charge >= 0.3 is 6.18 Å². The highest BCUT2D eigenvalue weighted by atomic mass is 32.2.